The summed E-state index contributed by atoms with van der Waals surface area (Å²) in [5.74, 6) is -0.205. The van der Waals surface area contributed by atoms with Crippen LogP contribution in [0.15, 0.2) is 46.9 Å². The number of carbonyl (C=O) groups is 1. The van der Waals surface area contributed by atoms with Crippen LogP contribution in [0.25, 0.3) is 0 Å². The molecule has 2 aromatic rings. The number of nitrogen functional groups attached to an aromatic ring is 1. The molecule has 0 heterocycles. The molecular weight excluding hydrogens is 292 g/mol. The minimum absolute atomic E-state index is 0.205. The molecule has 0 bridgehead atoms. The van der Waals surface area contributed by atoms with Gasteiger partial charge in [-0.1, -0.05) is 24.3 Å². The van der Waals surface area contributed by atoms with Crippen molar-refractivity contribution in [1.29, 1.82) is 0 Å². The second-order valence-electron chi connectivity index (χ2n) is 3.97. The molecule has 1 amide bonds. The van der Waals surface area contributed by atoms with Gasteiger partial charge in [0.1, 0.15) is 0 Å². The van der Waals surface area contributed by atoms with Crippen molar-refractivity contribution in [2.24, 2.45) is 0 Å². The standard InChI is InChI=1S/C14H13BrN2O/c1-9-5-4-6-10(13(9)16)14(18)17-12-8-3-2-7-11(12)15/h2-8H,16H2,1H3,(H,17,18). The van der Waals surface area contributed by atoms with E-state index in [4.69, 9.17) is 5.73 Å². The summed E-state index contributed by atoms with van der Waals surface area (Å²) in [4.78, 5) is 12.1. The molecule has 18 heavy (non-hydrogen) atoms. The lowest BCUT2D eigenvalue weighted by molar-refractivity contribution is 0.102. The Morgan fingerprint density at radius 3 is 2.61 bits per heavy atom. The molecule has 0 radical (unpaired) electrons. The number of nitrogens with one attached hydrogen (secondary N) is 1. The average Bonchev–Trinajstić information content (AvgIpc) is 2.35. The lowest BCUT2D eigenvalue weighted by Crippen LogP contribution is -2.14. The van der Waals surface area contributed by atoms with E-state index in [1.54, 1.807) is 6.07 Å². The van der Waals surface area contributed by atoms with Crippen LogP contribution in [-0.4, -0.2) is 5.91 Å². The van der Waals surface area contributed by atoms with Crippen molar-refractivity contribution in [3.05, 3.63) is 58.1 Å². The normalized spacial score (nSPS) is 10.1. The molecule has 0 aliphatic carbocycles. The number of rotatable bonds is 2. The molecular formula is C14H13BrN2O. The lowest BCUT2D eigenvalue weighted by Gasteiger charge is -2.10. The van der Waals surface area contributed by atoms with E-state index in [9.17, 15) is 4.79 Å². The van der Waals surface area contributed by atoms with Gasteiger partial charge in [-0.3, -0.25) is 4.79 Å². The highest BCUT2D eigenvalue weighted by Crippen LogP contribution is 2.23. The Kier molecular flexibility index (Phi) is 3.67. The summed E-state index contributed by atoms with van der Waals surface area (Å²) in [5, 5.41) is 2.83. The number of halogens is 1. The van der Waals surface area contributed by atoms with Crippen LogP contribution in [0.3, 0.4) is 0 Å². The Morgan fingerprint density at radius 1 is 1.17 bits per heavy atom. The molecule has 0 atom stereocenters. The van der Waals surface area contributed by atoms with E-state index in [1.807, 2.05) is 43.3 Å². The zero-order chi connectivity index (χ0) is 13.1. The van der Waals surface area contributed by atoms with Gasteiger partial charge in [-0.15, -0.1) is 0 Å². The summed E-state index contributed by atoms with van der Waals surface area (Å²) >= 11 is 3.38. The fourth-order valence-electron chi connectivity index (χ4n) is 1.63. The molecule has 0 aliphatic rings. The van der Waals surface area contributed by atoms with Crippen molar-refractivity contribution in [3.63, 3.8) is 0 Å². The van der Waals surface area contributed by atoms with E-state index in [2.05, 4.69) is 21.2 Å². The van der Waals surface area contributed by atoms with Crippen LogP contribution >= 0.6 is 15.9 Å². The van der Waals surface area contributed by atoms with Crippen LogP contribution in [-0.2, 0) is 0 Å². The SMILES string of the molecule is Cc1cccc(C(=O)Nc2ccccc2Br)c1N. The first-order valence-electron chi connectivity index (χ1n) is 5.50. The summed E-state index contributed by atoms with van der Waals surface area (Å²) in [6.07, 6.45) is 0. The smallest absolute Gasteiger partial charge is 0.257 e. The van der Waals surface area contributed by atoms with Gasteiger partial charge in [-0.2, -0.15) is 0 Å². The summed E-state index contributed by atoms with van der Waals surface area (Å²) in [6, 6.07) is 12.9. The Labute approximate surface area is 114 Å². The fourth-order valence-corrected chi connectivity index (χ4v) is 2.01. The number of anilines is 2. The predicted molar refractivity (Wildman–Crippen MR) is 77.7 cm³/mol. The van der Waals surface area contributed by atoms with Gasteiger partial charge in [-0.05, 0) is 46.6 Å². The molecule has 0 fully saturated rings. The van der Waals surface area contributed by atoms with Gasteiger partial charge in [0.15, 0.2) is 0 Å². The average molecular weight is 305 g/mol. The number of nitrogens with two attached hydrogens (primary N) is 1. The topological polar surface area (TPSA) is 55.1 Å². The Hall–Kier alpha value is -1.81. The minimum atomic E-state index is -0.205. The molecule has 0 unspecified atom stereocenters. The molecule has 0 saturated carbocycles. The summed E-state index contributed by atoms with van der Waals surface area (Å²) in [5.41, 5.74) is 8.53. The first-order chi connectivity index (χ1) is 8.59. The van der Waals surface area contributed by atoms with E-state index in [1.165, 1.54) is 0 Å². The maximum atomic E-state index is 12.1. The zero-order valence-corrected chi connectivity index (χ0v) is 11.5. The molecule has 3 N–H and O–H groups in total. The number of aryl methyl sites for hydroxylation is 1. The predicted octanol–water partition coefficient (Wildman–Crippen LogP) is 3.59. The second kappa shape index (κ2) is 5.23. The van der Waals surface area contributed by atoms with Gasteiger partial charge >= 0.3 is 0 Å². The molecule has 92 valence electrons. The number of benzene rings is 2. The van der Waals surface area contributed by atoms with Crippen molar-refractivity contribution in [1.82, 2.24) is 0 Å². The van der Waals surface area contributed by atoms with Crippen LogP contribution in [0, 0.1) is 6.92 Å². The summed E-state index contributed by atoms with van der Waals surface area (Å²) < 4.78 is 0.838. The maximum Gasteiger partial charge on any atom is 0.257 e. The molecule has 4 heteroatoms. The third-order valence-corrected chi connectivity index (χ3v) is 3.38. The second-order valence-corrected chi connectivity index (χ2v) is 4.82. The monoisotopic (exact) mass is 304 g/mol. The maximum absolute atomic E-state index is 12.1. The van der Waals surface area contributed by atoms with Crippen molar-refractivity contribution in [2.75, 3.05) is 11.1 Å². The molecule has 0 saturated heterocycles. The molecule has 0 aliphatic heterocycles. The van der Waals surface area contributed by atoms with E-state index in [0.29, 0.717) is 11.3 Å². The largest absolute Gasteiger partial charge is 0.398 e. The first-order valence-corrected chi connectivity index (χ1v) is 6.30. The third kappa shape index (κ3) is 2.54. The van der Waals surface area contributed by atoms with Crippen LogP contribution in [0.5, 0.6) is 0 Å². The molecule has 2 rings (SSSR count). The van der Waals surface area contributed by atoms with Gasteiger partial charge in [0.05, 0.1) is 11.3 Å². The summed E-state index contributed by atoms with van der Waals surface area (Å²) in [6.45, 7) is 1.88. The number of amides is 1. The fraction of sp³-hybridized carbons (Fsp3) is 0.0714. The highest BCUT2D eigenvalue weighted by atomic mass is 79.9. The molecule has 0 aromatic heterocycles. The Balaban J connectivity index is 2.28. The minimum Gasteiger partial charge on any atom is -0.398 e. The molecule has 0 spiro atoms. The number of para-hydroxylation sites is 2. The van der Waals surface area contributed by atoms with E-state index in [-0.39, 0.29) is 5.91 Å². The van der Waals surface area contributed by atoms with Gasteiger partial charge in [0.25, 0.3) is 5.91 Å². The van der Waals surface area contributed by atoms with Gasteiger partial charge < -0.3 is 11.1 Å². The number of hydrogen-bond donors (Lipinski definition) is 2. The highest BCUT2D eigenvalue weighted by molar-refractivity contribution is 9.10. The van der Waals surface area contributed by atoms with Gasteiger partial charge in [0.2, 0.25) is 0 Å². The van der Waals surface area contributed by atoms with Crippen molar-refractivity contribution in [2.45, 2.75) is 6.92 Å². The Bertz CT molecular complexity index is 596. The van der Waals surface area contributed by atoms with Crippen molar-refractivity contribution >= 4 is 33.2 Å². The molecule has 2 aromatic carbocycles. The van der Waals surface area contributed by atoms with Crippen LogP contribution in [0.2, 0.25) is 0 Å². The number of carbonyl (C=O) groups excluding carboxylic acids is 1. The van der Waals surface area contributed by atoms with Crippen LogP contribution in [0.4, 0.5) is 11.4 Å². The quantitative estimate of drug-likeness (QED) is 0.833. The molecule has 3 nitrogen and oxygen atoms in total. The lowest BCUT2D eigenvalue weighted by atomic mass is 10.1. The van der Waals surface area contributed by atoms with Gasteiger partial charge in [0, 0.05) is 10.2 Å². The number of hydrogen-bond acceptors (Lipinski definition) is 2. The first kappa shape index (κ1) is 12.6. The van der Waals surface area contributed by atoms with Crippen LogP contribution < -0.4 is 11.1 Å². The van der Waals surface area contributed by atoms with Crippen LogP contribution in [0.1, 0.15) is 15.9 Å². The summed E-state index contributed by atoms with van der Waals surface area (Å²) in [7, 11) is 0. The van der Waals surface area contributed by atoms with E-state index >= 15 is 0 Å². The zero-order valence-electron chi connectivity index (χ0n) is 9.91. The van der Waals surface area contributed by atoms with Crippen molar-refractivity contribution in [3.8, 4) is 0 Å². The highest BCUT2D eigenvalue weighted by Gasteiger charge is 2.11. The van der Waals surface area contributed by atoms with E-state index in [0.717, 1.165) is 15.7 Å². The Morgan fingerprint density at radius 2 is 1.89 bits per heavy atom. The van der Waals surface area contributed by atoms with Gasteiger partial charge in [-0.25, -0.2) is 0 Å². The third-order valence-electron chi connectivity index (χ3n) is 2.69. The van der Waals surface area contributed by atoms with E-state index < -0.39 is 0 Å². The van der Waals surface area contributed by atoms with Crippen molar-refractivity contribution < 1.29 is 4.79 Å².